The van der Waals surface area contributed by atoms with Crippen LogP contribution in [0.4, 0.5) is 0 Å². The zero-order valence-corrected chi connectivity index (χ0v) is 19.5. The summed E-state index contributed by atoms with van der Waals surface area (Å²) in [5, 5.41) is 2.89. The van der Waals surface area contributed by atoms with E-state index in [0.29, 0.717) is 13.1 Å². The van der Waals surface area contributed by atoms with Gasteiger partial charge in [0.05, 0.1) is 9.77 Å². The third-order valence-corrected chi connectivity index (χ3v) is 8.12. The molecule has 7 nitrogen and oxygen atoms in total. The third-order valence-electron chi connectivity index (χ3n) is 5.85. The molecule has 0 radical (unpaired) electrons. The highest BCUT2D eigenvalue weighted by Crippen LogP contribution is 2.32. The van der Waals surface area contributed by atoms with Gasteiger partial charge in [0, 0.05) is 42.0 Å². The normalized spacial score (nSPS) is 14.5. The molecule has 3 aromatic heterocycles. The SMILES string of the molecule is CNS(=O)(=O)c1cccc(-c2cnc3[nH]cc(C4=CCN(C(=O)c5cccs5)CC4)c3c2)c1. The minimum absolute atomic E-state index is 0.0691. The second kappa shape index (κ2) is 8.58. The Hall–Kier alpha value is -3.27. The zero-order chi connectivity index (χ0) is 23.0. The van der Waals surface area contributed by atoms with Crippen LogP contribution in [0.15, 0.2) is 71.2 Å². The Morgan fingerprint density at radius 3 is 2.79 bits per heavy atom. The summed E-state index contributed by atoms with van der Waals surface area (Å²) in [6.07, 6.45) is 6.55. The Labute approximate surface area is 195 Å². The van der Waals surface area contributed by atoms with Gasteiger partial charge in [0.15, 0.2) is 0 Å². The van der Waals surface area contributed by atoms with Gasteiger partial charge in [0.2, 0.25) is 10.0 Å². The molecule has 4 aromatic rings. The molecular weight excluding hydrogens is 456 g/mol. The lowest BCUT2D eigenvalue weighted by molar-refractivity contribution is 0.0777. The van der Waals surface area contributed by atoms with E-state index >= 15 is 0 Å². The topological polar surface area (TPSA) is 95.2 Å². The van der Waals surface area contributed by atoms with Crippen molar-refractivity contribution in [2.75, 3.05) is 20.1 Å². The monoisotopic (exact) mass is 478 g/mol. The van der Waals surface area contributed by atoms with Crippen LogP contribution in [0, 0.1) is 0 Å². The van der Waals surface area contributed by atoms with Crippen molar-refractivity contribution in [1.29, 1.82) is 0 Å². The van der Waals surface area contributed by atoms with Gasteiger partial charge in [-0.15, -0.1) is 11.3 Å². The minimum Gasteiger partial charge on any atom is -0.346 e. The number of rotatable bonds is 5. The number of hydrogen-bond donors (Lipinski definition) is 2. The molecule has 1 amide bonds. The van der Waals surface area contributed by atoms with Gasteiger partial charge in [-0.05, 0) is 54.3 Å². The summed E-state index contributed by atoms with van der Waals surface area (Å²) in [5.41, 5.74) is 4.61. The second-order valence-electron chi connectivity index (χ2n) is 7.77. The number of sulfonamides is 1. The molecule has 5 rings (SSSR count). The second-order valence-corrected chi connectivity index (χ2v) is 10.6. The van der Waals surface area contributed by atoms with Gasteiger partial charge in [-0.3, -0.25) is 4.79 Å². The zero-order valence-electron chi connectivity index (χ0n) is 17.9. The number of carbonyl (C=O) groups excluding carboxylic acids is 1. The number of pyridine rings is 1. The highest BCUT2D eigenvalue weighted by atomic mass is 32.2. The maximum atomic E-state index is 12.6. The summed E-state index contributed by atoms with van der Waals surface area (Å²) in [5.74, 6) is 0.0691. The highest BCUT2D eigenvalue weighted by molar-refractivity contribution is 7.89. The van der Waals surface area contributed by atoms with Gasteiger partial charge in [-0.2, -0.15) is 0 Å². The molecule has 9 heteroatoms. The molecule has 2 N–H and O–H groups in total. The van der Waals surface area contributed by atoms with Crippen molar-refractivity contribution >= 4 is 43.9 Å². The number of H-pyrrole nitrogens is 1. The molecule has 0 atom stereocenters. The first-order chi connectivity index (χ1) is 16.0. The predicted molar refractivity (Wildman–Crippen MR) is 131 cm³/mol. The van der Waals surface area contributed by atoms with Crippen LogP contribution in [-0.4, -0.2) is 49.3 Å². The first-order valence-electron chi connectivity index (χ1n) is 10.5. The fraction of sp³-hybridized carbons (Fsp3) is 0.167. The van der Waals surface area contributed by atoms with Gasteiger partial charge in [-0.25, -0.2) is 18.1 Å². The fourth-order valence-electron chi connectivity index (χ4n) is 4.04. The molecule has 4 heterocycles. The van der Waals surface area contributed by atoms with Crippen LogP contribution in [-0.2, 0) is 10.0 Å². The van der Waals surface area contributed by atoms with E-state index in [1.165, 1.54) is 24.0 Å². The van der Waals surface area contributed by atoms with E-state index in [4.69, 9.17) is 0 Å². The van der Waals surface area contributed by atoms with Gasteiger partial charge in [0.1, 0.15) is 5.65 Å². The summed E-state index contributed by atoms with van der Waals surface area (Å²) < 4.78 is 26.7. The molecule has 0 spiro atoms. The molecule has 0 bridgehead atoms. The number of amides is 1. The fourth-order valence-corrected chi connectivity index (χ4v) is 5.51. The molecule has 1 aliphatic heterocycles. The van der Waals surface area contributed by atoms with Crippen LogP contribution in [0.2, 0.25) is 0 Å². The molecular formula is C24H22N4O3S2. The van der Waals surface area contributed by atoms with E-state index in [1.54, 1.807) is 24.4 Å². The van der Waals surface area contributed by atoms with Crippen LogP contribution >= 0.6 is 11.3 Å². The van der Waals surface area contributed by atoms with Crippen LogP contribution in [0.25, 0.3) is 27.7 Å². The van der Waals surface area contributed by atoms with Gasteiger partial charge < -0.3 is 9.88 Å². The van der Waals surface area contributed by atoms with E-state index in [-0.39, 0.29) is 10.8 Å². The summed E-state index contributed by atoms with van der Waals surface area (Å²) in [6, 6.07) is 12.6. The van der Waals surface area contributed by atoms with Crippen LogP contribution in [0.1, 0.15) is 21.7 Å². The van der Waals surface area contributed by atoms with Crippen LogP contribution in [0.3, 0.4) is 0 Å². The molecule has 0 unspecified atom stereocenters. The molecule has 0 saturated heterocycles. The number of fused-ring (bicyclic) bond motifs is 1. The van der Waals surface area contributed by atoms with Gasteiger partial charge in [0.25, 0.3) is 5.91 Å². The lowest BCUT2D eigenvalue weighted by Crippen LogP contribution is -2.34. The Kier molecular flexibility index (Phi) is 5.61. The van der Waals surface area contributed by atoms with Crippen molar-refractivity contribution in [3.8, 4) is 11.1 Å². The number of hydrogen-bond acceptors (Lipinski definition) is 5. The molecule has 1 aromatic carbocycles. The number of benzene rings is 1. The van der Waals surface area contributed by atoms with Crippen LogP contribution in [0.5, 0.6) is 0 Å². The largest absolute Gasteiger partial charge is 0.346 e. The molecule has 168 valence electrons. The van der Waals surface area contributed by atoms with Gasteiger partial charge >= 0.3 is 0 Å². The molecule has 0 saturated carbocycles. The van der Waals surface area contributed by atoms with Crippen molar-refractivity contribution in [3.05, 3.63) is 76.8 Å². The number of nitrogens with zero attached hydrogens (tertiary/aromatic N) is 2. The minimum atomic E-state index is -3.53. The number of nitrogens with one attached hydrogen (secondary N) is 2. The number of aromatic amines is 1. The van der Waals surface area contributed by atoms with Crippen molar-refractivity contribution < 1.29 is 13.2 Å². The third kappa shape index (κ3) is 4.10. The van der Waals surface area contributed by atoms with Crippen LogP contribution < -0.4 is 4.72 Å². The highest BCUT2D eigenvalue weighted by Gasteiger charge is 2.21. The van der Waals surface area contributed by atoms with E-state index in [1.807, 2.05) is 40.7 Å². The smallest absolute Gasteiger partial charge is 0.264 e. The first-order valence-corrected chi connectivity index (χ1v) is 12.9. The van der Waals surface area contributed by atoms with E-state index in [2.05, 4.69) is 20.8 Å². The van der Waals surface area contributed by atoms with E-state index < -0.39 is 10.0 Å². The van der Waals surface area contributed by atoms with E-state index in [0.717, 1.165) is 39.0 Å². The number of carbonyl (C=O) groups is 1. The molecule has 0 fully saturated rings. The summed E-state index contributed by atoms with van der Waals surface area (Å²) in [6.45, 7) is 1.22. The molecule has 0 aliphatic carbocycles. The average molecular weight is 479 g/mol. The molecule has 33 heavy (non-hydrogen) atoms. The Bertz CT molecular complexity index is 1470. The van der Waals surface area contributed by atoms with E-state index in [9.17, 15) is 13.2 Å². The average Bonchev–Trinajstić information content (AvgIpc) is 3.54. The maximum Gasteiger partial charge on any atom is 0.264 e. The summed E-state index contributed by atoms with van der Waals surface area (Å²) in [7, 11) is -2.13. The standard InChI is InChI=1S/C24H22N4O3S2/c1-25-33(30,31)19-5-2-4-17(12-19)18-13-20-21(15-27-23(20)26-14-18)16-7-9-28(10-8-16)24(29)22-6-3-11-32-22/h2-7,11-15,25H,8-10H2,1H3,(H,26,27). The predicted octanol–water partition coefficient (Wildman–Crippen LogP) is 4.13. The van der Waals surface area contributed by atoms with Gasteiger partial charge in [-0.1, -0.05) is 24.3 Å². The lowest BCUT2D eigenvalue weighted by atomic mass is 9.98. The Morgan fingerprint density at radius 1 is 1.18 bits per heavy atom. The van der Waals surface area contributed by atoms with Crippen molar-refractivity contribution in [2.45, 2.75) is 11.3 Å². The Morgan fingerprint density at radius 2 is 2.06 bits per heavy atom. The lowest BCUT2D eigenvalue weighted by Gasteiger charge is -2.26. The summed E-state index contributed by atoms with van der Waals surface area (Å²) in [4.78, 5) is 23.2. The van der Waals surface area contributed by atoms with Crippen molar-refractivity contribution in [1.82, 2.24) is 19.6 Å². The van der Waals surface area contributed by atoms with Crippen molar-refractivity contribution in [2.24, 2.45) is 0 Å². The summed E-state index contributed by atoms with van der Waals surface area (Å²) >= 11 is 1.46. The quantitative estimate of drug-likeness (QED) is 0.451. The number of aromatic nitrogens is 2. The Balaban J connectivity index is 1.45. The molecule has 1 aliphatic rings. The number of thiophene rings is 1. The first kappa shape index (κ1) is 21.6. The van der Waals surface area contributed by atoms with Crippen molar-refractivity contribution in [3.63, 3.8) is 0 Å². The maximum absolute atomic E-state index is 12.6.